The summed E-state index contributed by atoms with van der Waals surface area (Å²) in [7, 11) is 0. The Kier molecular flexibility index (Phi) is 4.80. The van der Waals surface area contributed by atoms with E-state index in [9.17, 15) is 9.59 Å². The predicted molar refractivity (Wildman–Crippen MR) is 80.6 cm³/mol. The van der Waals surface area contributed by atoms with Crippen molar-refractivity contribution in [1.29, 1.82) is 0 Å². The first-order chi connectivity index (χ1) is 9.97. The fraction of sp³-hybridized carbons (Fsp3) is 0.688. The predicted octanol–water partition coefficient (Wildman–Crippen LogP) is 2.36. The summed E-state index contributed by atoms with van der Waals surface area (Å²) in [6.07, 6.45) is 4.64. The van der Waals surface area contributed by atoms with Gasteiger partial charge in [-0.15, -0.1) is 0 Å². The van der Waals surface area contributed by atoms with E-state index < -0.39 is 5.97 Å². The molecule has 21 heavy (non-hydrogen) atoms. The SMILES string of the molecule is CCc1nc(=O)n(C(C)CC2CC2)c(CC)c1CC(=O)O. The zero-order valence-corrected chi connectivity index (χ0v) is 13.1. The summed E-state index contributed by atoms with van der Waals surface area (Å²) >= 11 is 0. The Labute approximate surface area is 125 Å². The number of aromatic nitrogens is 2. The van der Waals surface area contributed by atoms with Crippen LogP contribution in [0.1, 0.15) is 63.0 Å². The average molecular weight is 292 g/mol. The fourth-order valence-corrected chi connectivity index (χ4v) is 3.09. The number of hydrogen-bond acceptors (Lipinski definition) is 3. The lowest BCUT2D eigenvalue weighted by molar-refractivity contribution is -0.136. The highest BCUT2D eigenvalue weighted by atomic mass is 16.4. The third-order valence-corrected chi connectivity index (χ3v) is 4.23. The minimum Gasteiger partial charge on any atom is -0.481 e. The Hall–Kier alpha value is -1.65. The fourth-order valence-electron chi connectivity index (χ4n) is 3.09. The van der Waals surface area contributed by atoms with Gasteiger partial charge in [0.05, 0.1) is 12.1 Å². The average Bonchev–Trinajstić information content (AvgIpc) is 3.22. The molecule has 5 nitrogen and oxygen atoms in total. The quantitative estimate of drug-likeness (QED) is 0.837. The lowest BCUT2D eigenvalue weighted by Crippen LogP contribution is -2.32. The number of nitrogens with zero attached hydrogens (tertiary/aromatic N) is 2. The third-order valence-electron chi connectivity index (χ3n) is 4.23. The van der Waals surface area contributed by atoms with Gasteiger partial charge in [-0.25, -0.2) is 4.79 Å². The highest BCUT2D eigenvalue weighted by Crippen LogP contribution is 2.36. The molecule has 1 fully saturated rings. The molecular weight excluding hydrogens is 268 g/mol. The molecule has 1 saturated carbocycles. The van der Waals surface area contributed by atoms with Crippen LogP contribution in [0.25, 0.3) is 0 Å². The molecule has 0 spiro atoms. The molecule has 116 valence electrons. The van der Waals surface area contributed by atoms with Crippen LogP contribution in [-0.4, -0.2) is 20.6 Å². The Morgan fingerprint density at radius 1 is 1.38 bits per heavy atom. The largest absolute Gasteiger partial charge is 0.481 e. The number of aliphatic carboxylic acids is 1. The summed E-state index contributed by atoms with van der Waals surface area (Å²) in [6.45, 7) is 5.92. The van der Waals surface area contributed by atoms with Gasteiger partial charge < -0.3 is 5.11 Å². The second kappa shape index (κ2) is 6.41. The number of rotatable bonds is 7. The van der Waals surface area contributed by atoms with Gasteiger partial charge in [-0.3, -0.25) is 9.36 Å². The molecule has 1 unspecified atom stereocenters. The molecule has 0 aliphatic heterocycles. The summed E-state index contributed by atoms with van der Waals surface area (Å²) in [5.74, 6) is -0.161. The Bertz CT molecular complexity index is 588. The van der Waals surface area contributed by atoms with Gasteiger partial charge in [0, 0.05) is 17.3 Å². The van der Waals surface area contributed by atoms with Crippen LogP contribution in [0.2, 0.25) is 0 Å². The van der Waals surface area contributed by atoms with Crippen LogP contribution in [-0.2, 0) is 24.1 Å². The van der Waals surface area contributed by atoms with Gasteiger partial charge in [0.2, 0.25) is 0 Å². The van der Waals surface area contributed by atoms with E-state index in [4.69, 9.17) is 5.11 Å². The van der Waals surface area contributed by atoms with E-state index in [0.29, 0.717) is 24.5 Å². The first-order valence-electron chi connectivity index (χ1n) is 7.82. The molecule has 0 saturated heterocycles. The van der Waals surface area contributed by atoms with Crippen molar-refractivity contribution in [3.05, 3.63) is 27.4 Å². The number of carboxylic acid groups (broad SMARTS) is 1. The number of carbonyl (C=O) groups is 1. The van der Waals surface area contributed by atoms with Crippen molar-refractivity contribution >= 4 is 5.97 Å². The first-order valence-corrected chi connectivity index (χ1v) is 7.82. The maximum Gasteiger partial charge on any atom is 0.348 e. The Balaban J connectivity index is 2.51. The van der Waals surface area contributed by atoms with Gasteiger partial charge in [0.1, 0.15) is 0 Å². The minimum absolute atomic E-state index is 0.0597. The van der Waals surface area contributed by atoms with Crippen LogP contribution < -0.4 is 5.69 Å². The topological polar surface area (TPSA) is 72.2 Å². The zero-order chi connectivity index (χ0) is 15.6. The van der Waals surface area contributed by atoms with Gasteiger partial charge in [-0.05, 0) is 32.1 Å². The molecule has 2 rings (SSSR count). The molecule has 0 amide bonds. The molecule has 5 heteroatoms. The molecule has 1 aromatic rings. The highest BCUT2D eigenvalue weighted by Gasteiger charge is 2.27. The van der Waals surface area contributed by atoms with Crippen molar-refractivity contribution in [2.45, 2.75) is 65.3 Å². The van der Waals surface area contributed by atoms with Gasteiger partial charge in [0.25, 0.3) is 0 Å². The Morgan fingerprint density at radius 3 is 2.52 bits per heavy atom. The minimum atomic E-state index is -0.874. The molecule has 1 N–H and O–H groups in total. The highest BCUT2D eigenvalue weighted by molar-refractivity contribution is 5.71. The molecule has 1 aliphatic rings. The normalized spacial score (nSPS) is 16.0. The molecular formula is C16H24N2O3. The summed E-state index contributed by atoms with van der Waals surface area (Å²) in [5, 5.41) is 9.15. The second-order valence-corrected chi connectivity index (χ2v) is 5.94. The van der Waals surface area contributed by atoms with Crippen molar-refractivity contribution in [3.8, 4) is 0 Å². The third kappa shape index (κ3) is 3.52. The van der Waals surface area contributed by atoms with E-state index in [1.54, 1.807) is 4.57 Å². The monoisotopic (exact) mass is 292 g/mol. The van der Waals surface area contributed by atoms with Crippen LogP contribution in [0.4, 0.5) is 0 Å². The zero-order valence-electron chi connectivity index (χ0n) is 13.1. The van der Waals surface area contributed by atoms with Gasteiger partial charge in [-0.1, -0.05) is 26.7 Å². The van der Waals surface area contributed by atoms with Gasteiger partial charge >= 0.3 is 11.7 Å². The van der Waals surface area contributed by atoms with E-state index in [1.807, 2.05) is 20.8 Å². The molecule has 1 aromatic heterocycles. The molecule has 1 aliphatic carbocycles. The Morgan fingerprint density at radius 2 is 2.05 bits per heavy atom. The van der Waals surface area contributed by atoms with E-state index in [1.165, 1.54) is 12.8 Å². The maximum absolute atomic E-state index is 12.4. The van der Waals surface area contributed by atoms with Crippen molar-refractivity contribution < 1.29 is 9.90 Å². The number of carboxylic acids is 1. The smallest absolute Gasteiger partial charge is 0.348 e. The molecule has 0 aromatic carbocycles. The lowest BCUT2D eigenvalue weighted by Gasteiger charge is -2.22. The summed E-state index contributed by atoms with van der Waals surface area (Å²) < 4.78 is 1.73. The number of hydrogen-bond donors (Lipinski definition) is 1. The van der Waals surface area contributed by atoms with Crippen molar-refractivity contribution in [2.75, 3.05) is 0 Å². The van der Waals surface area contributed by atoms with Crippen molar-refractivity contribution in [1.82, 2.24) is 9.55 Å². The first kappa shape index (κ1) is 15.7. The lowest BCUT2D eigenvalue weighted by atomic mass is 10.0. The van der Waals surface area contributed by atoms with Crippen LogP contribution in [0.15, 0.2) is 4.79 Å². The standard InChI is InChI=1S/C16H24N2O3/c1-4-13-12(9-15(19)20)14(5-2)18(16(21)17-13)10(3)8-11-6-7-11/h10-11H,4-9H2,1-3H3,(H,19,20). The van der Waals surface area contributed by atoms with E-state index >= 15 is 0 Å². The van der Waals surface area contributed by atoms with Crippen molar-refractivity contribution in [3.63, 3.8) is 0 Å². The summed E-state index contributed by atoms with van der Waals surface area (Å²) in [6, 6.07) is 0.0888. The van der Waals surface area contributed by atoms with E-state index in [2.05, 4.69) is 4.98 Å². The van der Waals surface area contributed by atoms with E-state index in [0.717, 1.165) is 17.7 Å². The van der Waals surface area contributed by atoms with Gasteiger partial charge in [0.15, 0.2) is 0 Å². The van der Waals surface area contributed by atoms with Crippen molar-refractivity contribution in [2.24, 2.45) is 5.92 Å². The molecule has 0 radical (unpaired) electrons. The summed E-state index contributed by atoms with van der Waals surface area (Å²) in [5.41, 5.74) is 1.98. The maximum atomic E-state index is 12.4. The van der Waals surface area contributed by atoms with Crippen LogP contribution in [0.5, 0.6) is 0 Å². The molecule has 0 bridgehead atoms. The molecule has 1 atom stereocenters. The van der Waals surface area contributed by atoms with Gasteiger partial charge in [-0.2, -0.15) is 4.98 Å². The van der Waals surface area contributed by atoms with Crippen LogP contribution in [0.3, 0.4) is 0 Å². The molecule has 1 heterocycles. The summed E-state index contributed by atoms with van der Waals surface area (Å²) in [4.78, 5) is 27.7. The second-order valence-electron chi connectivity index (χ2n) is 5.94. The van der Waals surface area contributed by atoms with Crippen LogP contribution in [0, 0.1) is 5.92 Å². The van der Waals surface area contributed by atoms with E-state index in [-0.39, 0.29) is 18.2 Å². The van der Waals surface area contributed by atoms with Crippen LogP contribution >= 0.6 is 0 Å². The number of aryl methyl sites for hydroxylation is 1.